The van der Waals surface area contributed by atoms with Crippen molar-refractivity contribution in [3.05, 3.63) is 17.0 Å². The number of aryl methyl sites for hydroxylation is 1. The zero-order chi connectivity index (χ0) is 16.7. The summed E-state index contributed by atoms with van der Waals surface area (Å²) in [5.41, 5.74) is -2.21. The lowest BCUT2D eigenvalue weighted by molar-refractivity contribution is -0.324. The standard InChI is InChI=1S/C11H11F7N2O2/c12-5-4-6-7(8(5)21)9(10(13,14)15)19-20(6)2-1-3-22-11(16,17)18/h5,8,21H,1-4H2. The maximum atomic E-state index is 13.4. The first-order valence-corrected chi connectivity index (χ1v) is 6.20. The molecule has 0 fully saturated rings. The minimum atomic E-state index is -4.89. The van der Waals surface area contributed by atoms with E-state index >= 15 is 0 Å². The number of hydrogen-bond donors (Lipinski definition) is 1. The van der Waals surface area contributed by atoms with E-state index in [2.05, 4.69) is 9.84 Å². The number of halogens is 7. The van der Waals surface area contributed by atoms with Gasteiger partial charge in [0.25, 0.3) is 0 Å². The molecular formula is C11H11F7N2O2. The van der Waals surface area contributed by atoms with Gasteiger partial charge in [-0.2, -0.15) is 18.3 Å². The Balaban J connectivity index is 2.15. The van der Waals surface area contributed by atoms with Crippen molar-refractivity contribution in [3.8, 4) is 0 Å². The molecule has 2 rings (SSSR count). The summed E-state index contributed by atoms with van der Waals surface area (Å²) < 4.78 is 91.5. The van der Waals surface area contributed by atoms with Gasteiger partial charge in [0, 0.05) is 24.2 Å². The van der Waals surface area contributed by atoms with Gasteiger partial charge in [0.05, 0.1) is 6.61 Å². The summed E-state index contributed by atoms with van der Waals surface area (Å²) in [5.74, 6) is 0. The van der Waals surface area contributed by atoms with Crippen LogP contribution in [0.3, 0.4) is 0 Å². The number of hydrogen-bond acceptors (Lipinski definition) is 3. The molecule has 0 aromatic carbocycles. The highest BCUT2D eigenvalue weighted by molar-refractivity contribution is 5.36. The summed E-state index contributed by atoms with van der Waals surface area (Å²) >= 11 is 0. The van der Waals surface area contributed by atoms with Gasteiger partial charge in [-0.3, -0.25) is 9.42 Å². The van der Waals surface area contributed by atoms with Crippen molar-refractivity contribution >= 4 is 0 Å². The van der Waals surface area contributed by atoms with Gasteiger partial charge in [-0.15, -0.1) is 13.2 Å². The summed E-state index contributed by atoms with van der Waals surface area (Å²) in [6.07, 6.45) is -14.3. The number of aliphatic hydroxyl groups is 1. The zero-order valence-corrected chi connectivity index (χ0v) is 10.9. The predicted molar refractivity (Wildman–Crippen MR) is 57.4 cm³/mol. The fraction of sp³-hybridized carbons (Fsp3) is 0.727. The van der Waals surface area contributed by atoms with Gasteiger partial charge in [0.2, 0.25) is 0 Å². The van der Waals surface area contributed by atoms with Crippen molar-refractivity contribution < 1.29 is 40.6 Å². The van der Waals surface area contributed by atoms with Crippen molar-refractivity contribution in [1.29, 1.82) is 0 Å². The molecule has 1 aromatic rings. The summed E-state index contributed by atoms with van der Waals surface area (Å²) in [7, 11) is 0. The number of fused-ring (bicyclic) bond motifs is 1. The van der Waals surface area contributed by atoms with Crippen molar-refractivity contribution in [2.75, 3.05) is 6.61 Å². The quantitative estimate of drug-likeness (QED) is 0.679. The Morgan fingerprint density at radius 2 is 1.86 bits per heavy atom. The normalized spacial score (nSPS) is 22.2. The van der Waals surface area contributed by atoms with Crippen LogP contribution in [0.1, 0.15) is 29.5 Å². The third kappa shape index (κ3) is 3.51. The lowest BCUT2D eigenvalue weighted by Gasteiger charge is -2.10. The highest BCUT2D eigenvalue weighted by atomic mass is 19.4. The largest absolute Gasteiger partial charge is 0.522 e. The third-order valence-electron chi connectivity index (χ3n) is 3.17. The van der Waals surface area contributed by atoms with Crippen LogP contribution in [0.25, 0.3) is 0 Å². The molecule has 0 aliphatic heterocycles. The Morgan fingerprint density at radius 1 is 1.23 bits per heavy atom. The second kappa shape index (κ2) is 5.69. The summed E-state index contributed by atoms with van der Waals surface area (Å²) in [6.45, 7) is -1.07. The monoisotopic (exact) mass is 336 g/mol. The lowest BCUT2D eigenvalue weighted by Crippen LogP contribution is -2.17. The predicted octanol–water partition coefficient (Wildman–Crippen LogP) is 2.76. The van der Waals surface area contributed by atoms with Gasteiger partial charge in [-0.05, 0) is 6.42 Å². The molecule has 4 nitrogen and oxygen atoms in total. The first-order valence-electron chi connectivity index (χ1n) is 6.20. The summed E-state index contributed by atoms with van der Waals surface area (Å²) in [6, 6.07) is 0. The number of aromatic nitrogens is 2. The van der Waals surface area contributed by atoms with Crippen molar-refractivity contribution in [3.63, 3.8) is 0 Å². The highest BCUT2D eigenvalue weighted by Crippen LogP contribution is 2.42. The molecule has 1 aromatic heterocycles. The minimum Gasteiger partial charge on any atom is -0.385 e. The van der Waals surface area contributed by atoms with Gasteiger partial charge >= 0.3 is 12.5 Å². The molecular weight excluding hydrogens is 325 g/mol. The molecule has 0 bridgehead atoms. The summed E-state index contributed by atoms with van der Waals surface area (Å²) in [5, 5.41) is 12.7. The van der Waals surface area contributed by atoms with Crippen LogP contribution in [0.15, 0.2) is 0 Å². The molecule has 1 aliphatic carbocycles. The van der Waals surface area contributed by atoms with Crippen LogP contribution in [0.2, 0.25) is 0 Å². The van der Waals surface area contributed by atoms with E-state index in [9.17, 15) is 35.8 Å². The highest BCUT2D eigenvalue weighted by Gasteiger charge is 2.46. The maximum Gasteiger partial charge on any atom is 0.522 e. The molecule has 22 heavy (non-hydrogen) atoms. The van der Waals surface area contributed by atoms with Gasteiger partial charge in [-0.25, -0.2) is 4.39 Å². The average Bonchev–Trinajstić information content (AvgIpc) is 2.83. The molecule has 1 aliphatic rings. The van der Waals surface area contributed by atoms with Gasteiger partial charge in [-0.1, -0.05) is 0 Å². The van der Waals surface area contributed by atoms with E-state index < -0.39 is 49.1 Å². The molecule has 0 saturated heterocycles. The molecule has 0 radical (unpaired) electrons. The molecule has 0 saturated carbocycles. The van der Waals surface area contributed by atoms with Crippen LogP contribution >= 0.6 is 0 Å². The molecule has 0 amide bonds. The van der Waals surface area contributed by atoms with Crippen LogP contribution in [0.4, 0.5) is 30.7 Å². The maximum absolute atomic E-state index is 13.4. The number of aliphatic hydroxyl groups excluding tert-OH is 1. The Labute approximate surface area is 119 Å². The molecule has 0 spiro atoms. The Morgan fingerprint density at radius 3 is 2.41 bits per heavy atom. The second-order valence-electron chi connectivity index (χ2n) is 4.74. The van der Waals surface area contributed by atoms with Gasteiger partial charge in [0.1, 0.15) is 12.3 Å². The Kier molecular flexibility index (Phi) is 4.39. The molecule has 11 heteroatoms. The average molecular weight is 336 g/mol. The van der Waals surface area contributed by atoms with E-state index in [1.54, 1.807) is 0 Å². The Hall–Kier alpha value is -1.36. The number of rotatable bonds is 4. The Bertz CT molecular complexity index is 538. The van der Waals surface area contributed by atoms with Crippen molar-refractivity contribution in [1.82, 2.24) is 9.78 Å². The topological polar surface area (TPSA) is 47.3 Å². The molecule has 2 unspecified atom stereocenters. The molecule has 2 atom stereocenters. The SMILES string of the molecule is OC1c2c(C(F)(F)F)nn(CCCOC(F)(F)F)c2CC1F. The molecule has 126 valence electrons. The van der Waals surface area contributed by atoms with Crippen molar-refractivity contribution in [2.24, 2.45) is 0 Å². The first-order chi connectivity index (χ1) is 10.0. The zero-order valence-electron chi connectivity index (χ0n) is 10.9. The van der Waals surface area contributed by atoms with Crippen molar-refractivity contribution in [2.45, 2.75) is 44.2 Å². The number of nitrogens with zero attached hydrogens (tertiary/aromatic N) is 2. The van der Waals surface area contributed by atoms with E-state index in [0.29, 0.717) is 0 Å². The summed E-state index contributed by atoms with van der Waals surface area (Å²) in [4.78, 5) is 0. The smallest absolute Gasteiger partial charge is 0.385 e. The van der Waals surface area contributed by atoms with E-state index in [4.69, 9.17) is 0 Å². The van der Waals surface area contributed by atoms with Gasteiger partial charge in [0.15, 0.2) is 5.69 Å². The second-order valence-corrected chi connectivity index (χ2v) is 4.74. The number of alkyl halides is 7. The van der Waals surface area contributed by atoms with E-state index in [1.807, 2.05) is 0 Å². The van der Waals surface area contributed by atoms with E-state index in [1.165, 1.54) is 0 Å². The van der Waals surface area contributed by atoms with E-state index in [-0.39, 0.29) is 18.7 Å². The van der Waals surface area contributed by atoms with Crippen LogP contribution in [-0.4, -0.2) is 34.0 Å². The van der Waals surface area contributed by atoms with Crippen LogP contribution in [0.5, 0.6) is 0 Å². The van der Waals surface area contributed by atoms with Crippen LogP contribution in [-0.2, 0) is 23.9 Å². The molecule has 1 N–H and O–H groups in total. The van der Waals surface area contributed by atoms with E-state index in [0.717, 1.165) is 4.68 Å². The van der Waals surface area contributed by atoms with Gasteiger partial charge < -0.3 is 5.11 Å². The third-order valence-corrected chi connectivity index (χ3v) is 3.17. The minimum absolute atomic E-state index is 0.153. The fourth-order valence-electron chi connectivity index (χ4n) is 2.31. The van der Waals surface area contributed by atoms with Crippen LogP contribution < -0.4 is 0 Å². The molecule has 1 heterocycles. The number of ether oxygens (including phenoxy) is 1. The van der Waals surface area contributed by atoms with Crippen LogP contribution in [0, 0.1) is 0 Å². The lowest BCUT2D eigenvalue weighted by atomic mass is 10.1. The fourth-order valence-corrected chi connectivity index (χ4v) is 2.31. The first kappa shape index (κ1) is 17.0.